The molecule has 2 aromatic rings. The van der Waals surface area contributed by atoms with Crippen LogP contribution < -0.4 is 0 Å². The third kappa shape index (κ3) is 2.34. The number of nitrogens with zero attached hydrogens (tertiary/aromatic N) is 1. The third-order valence-corrected chi connectivity index (χ3v) is 4.25. The zero-order chi connectivity index (χ0) is 14.3. The Bertz CT molecular complexity index is 620. The van der Waals surface area contributed by atoms with Gasteiger partial charge in [-0.15, -0.1) is 0 Å². The van der Waals surface area contributed by atoms with Gasteiger partial charge >= 0.3 is 0 Å². The van der Waals surface area contributed by atoms with E-state index in [0.29, 0.717) is 6.54 Å². The summed E-state index contributed by atoms with van der Waals surface area (Å²) in [7, 11) is 0. The van der Waals surface area contributed by atoms with Crippen LogP contribution in [0.3, 0.4) is 0 Å². The monoisotopic (exact) mass is 276 g/mol. The smallest absolute Gasteiger partial charge is 0.143 e. The Morgan fingerprint density at radius 1 is 1.45 bits per heavy atom. The summed E-state index contributed by atoms with van der Waals surface area (Å²) in [4.78, 5) is 5.55. The SMILES string of the molecule is C[C@@H]1Cc2c([nH]c3ccccc23)CN1C[C@](C)(F)CO. The molecule has 0 bridgehead atoms. The van der Waals surface area contributed by atoms with Crippen LogP contribution in [0.4, 0.5) is 4.39 Å². The van der Waals surface area contributed by atoms with Gasteiger partial charge in [0, 0.05) is 35.7 Å². The van der Waals surface area contributed by atoms with E-state index in [9.17, 15) is 4.39 Å². The van der Waals surface area contributed by atoms with E-state index in [-0.39, 0.29) is 12.6 Å². The fourth-order valence-electron chi connectivity index (χ4n) is 3.09. The number of nitrogens with one attached hydrogen (secondary N) is 1. The van der Waals surface area contributed by atoms with Crippen molar-refractivity contribution < 1.29 is 9.50 Å². The molecule has 0 unspecified atom stereocenters. The normalized spacial score (nSPS) is 22.7. The van der Waals surface area contributed by atoms with Crippen molar-refractivity contribution in [3.63, 3.8) is 0 Å². The molecule has 0 saturated carbocycles. The number of aromatic amines is 1. The number of rotatable bonds is 3. The highest BCUT2D eigenvalue weighted by atomic mass is 19.1. The van der Waals surface area contributed by atoms with Gasteiger partial charge in [-0.3, -0.25) is 4.90 Å². The molecular weight excluding hydrogens is 255 g/mol. The number of fused-ring (bicyclic) bond motifs is 3. The molecule has 0 radical (unpaired) electrons. The van der Waals surface area contributed by atoms with Crippen molar-refractivity contribution in [2.75, 3.05) is 13.2 Å². The lowest BCUT2D eigenvalue weighted by Crippen LogP contribution is -2.46. The van der Waals surface area contributed by atoms with Crippen LogP contribution in [0.2, 0.25) is 0 Å². The first-order chi connectivity index (χ1) is 9.50. The van der Waals surface area contributed by atoms with Gasteiger partial charge in [0.15, 0.2) is 0 Å². The lowest BCUT2D eigenvalue weighted by atomic mass is 9.96. The molecule has 1 aliphatic heterocycles. The van der Waals surface area contributed by atoms with Crippen LogP contribution in [0.25, 0.3) is 10.9 Å². The van der Waals surface area contributed by atoms with Gasteiger partial charge in [-0.25, -0.2) is 4.39 Å². The first-order valence-corrected chi connectivity index (χ1v) is 7.12. The van der Waals surface area contributed by atoms with Crippen molar-refractivity contribution in [1.29, 1.82) is 0 Å². The van der Waals surface area contributed by atoms with Crippen molar-refractivity contribution in [2.24, 2.45) is 0 Å². The summed E-state index contributed by atoms with van der Waals surface area (Å²) >= 11 is 0. The Hall–Kier alpha value is -1.39. The maximum Gasteiger partial charge on any atom is 0.143 e. The Labute approximate surface area is 118 Å². The minimum atomic E-state index is -1.54. The van der Waals surface area contributed by atoms with E-state index in [1.165, 1.54) is 23.6 Å². The van der Waals surface area contributed by atoms with Gasteiger partial charge in [-0.1, -0.05) is 18.2 Å². The first-order valence-electron chi connectivity index (χ1n) is 7.12. The van der Waals surface area contributed by atoms with E-state index in [2.05, 4.69) is 35.0 Å². The van der Waals surface area contributed by atoms with Crippen LogP contribution in [0.15, 0.2) is 24.3 Å². The number of halogens is 1. The summed E-state index contributed by atoms with van der Waals surface area (Å²) in [5.41, 5.74) is 2.14. The van der Waals surface area contributed by atoms with Gasteiger partial charge in [-0.05, 0) is 31.9 Å². The number of hydrogen-bond donors (Lipinski definition) is 2. The minimum absolute atomic E-state index is 0.263. The Kier molecular flexibility index (Phi) is 3.30. The van der Waals surface area contributed by atoms with Gasteiger partial charge in [0.1, 0.15) is 5.67 Å². The average Bonchev–Trinajstić information content (AvgIpc) is 2.77. The number of hydrogen-bond acceptors (Lipinski definition) is 2. The molecule has 2 heterocycles. The molecule has 0 spiro atoms. The van der Waals surface area contributed by atoms with Crippen LogP contribution in [0.1, 0.15) is 25.1 Å². The maximum absolute atomic E-state index is 14.1. The van der Waals surface area contributed by atoms with Crippen LogP contribution >= 0.6 is 0 Å². The van der Waals surface area contributed by atoms with E-state index in [1.54, 1.807) is 0 Å². The topological polar surface area (TPSA) is 39.3 Å². The summed E-state index contributed by atoms with van der Waals surface area (Å²) in [6.07, 6.45) is 0.918. The second kappa shape index (κ2) is 4.86. The highest BCUT2D eigenvalue weighted by Crippen LogP contribution is 2.31. The molecule has 3 nitrogen and oxygen atoms in total. The summed E-state index contributed by atoms with van der Waals surface area (Å²) < 4.78 is 14.1. The number of aliphatic hydroxyl groups excluding tert-OH is 1. The summed E-state index contributed by atoms with van der Waals surface area (Å²) in [6, 6.07) is 8.58. The largest absolute Gasteiger partial charge is 0.393 e. The minimum Gasteiger partial charge on any atom is -0.393 e. The number of alkyl halides is 1. The molecule has 20 heavy (non-hydrogen) atoms. The van der Waals surface area contributed by atoms with Crippen LogP contribution in [0, 0.1) is 0 Å². The maximum atomic E-state index is 14.1. The van der Waals surface area contributed by atoms with Crippen LogP contribution in [-0.4, -0.2) is 39.9 Å². The molecule has 0 amide bonds. The second-order valence-corrected chi connectivity index (χ2v) is 6.16. The molecule has 3 rings (SSSR count). The summed E-state index contributed by atoms with van der Waals surface area (Å²) in [5, 5.41) is 10.4. The van der Waals surface area contributed by atoms with Gasteiger partial charge < -0.3 is 10.1 Å². The second-order valence-electron chi connectivity index (χ2n) is 6.16. The number of H-pyrrole nitrogens is 1. The number of aromatic nitrogens is 1. The van der Waals surface area contributed by atoms with E-state index in [4.69, 9.17) is 5.11 Å². The van der Waals surface area contributed by atoms with E-state index < -0.39 is 12.3 Å². The van der Waals surface area contributed by atoms with Crippen molar-refractivity contribution in [3.05, 3.63) is 35.5 Å². The molecule has 0 aliphatic carbocycles. The quantitative estimate of drug-likeness (QED) is 0.904. The molecule has 0 saturated heterocycles. The molecule has 2 N–H and O–H groups in total. The lowest BCUT2D eigenvalue weighted by Gasteiger charge is -2.36. The number of benzene rings is 1. The Morgan fingerprint density at radius 3 is 2.95 bits per heavy atom. The zero-order valence-corrected chi connectivity index (χ0v) is 12.0. The predicted octanol–water partition coefficient (Wildman–Crippen LogP) is 2.64. The Morgan fingerprint density at radius 2 is 2.20 bits per heavy atom. The van der Waals surface area contributed by atoms with Crippen LogP contribution in [-0.2, 0) is 13.0 Å². The molecule has 1 aromatic carbocycles. The summed E-state index contributed by atoms with van der Waals surface area (Å²) in [6.45, 7) is 4.12. The highest BCUT2D eigenvalue weighted by Gasteiger charge is 2.32. The standard InChI is InChI=1S/C16H21FN2O/c1-11-7-13-12-5-3-4-6-14(12)18-15(13)8-19(11)9-16(2,17)10-20/h3-6,11,18,20H,7-10H2,1-2H3/t11-,16+/m1/s1. The molecule has 4 heteroatoms. The van der Waals surface area contributed by atoms with Crippen molar-refractivity contribution >= 4 is 10.9 Å². The summed E-state index contributed by atoms with van der Waals surface area (Å²) in [5.74, 6) is 0. The predicted molar refractivity (Wildman–Crippen MR) is 78.5 cm³/mol. The first kappa shape index (κ1) is 13.6. The fourth-order valence-corrected chi connectivity index (χ4v) is 3.09. The van der Waals surface area contributed by atoms with Crippen molar-refractivity contribution in [2.45, 2.75) is 38.5 Å². The van der Waals surface area contributed by atoms with Crippen LogP contribution in [0.5, 0.6) is 0 Å². The van der Waals surface area contributed by atoms with Crippen molar-refractivity contribution in [1.82, 2.24) is 9.88 Å². The highest BCUT2D eigenvalue weighted by molar-refractivity contribution is 5.84. The third-order valence-electron chi connectivity index (χ3n) is 4.25. The van der Waals surface area contributed by atoms with Gasteiger partial charge in [0.05, 0.1) is 6.61 Å². The van der Waals surface area contributed by atoms with E-state index >= 15 is 0 Å². The molecule has 2 atom stereocenters. The molecule has 1 aromatic heterocycles. The van der Waals surface area contributed by atoms with Gasteiger partial charge in [0.25, 0.3) is 0 Å². The van der Waals surface area contributed by atoms with Crippen molar-refractivity contribution in [3.8, 4) is 0 Å². The fraction of sp³-hybridized carbons (Fsp3) is 0.500. The van der Waals surface area contributed by atoms with Gasteiger partial charge in [0.2, 0.25) is 0 Å². The number of aliphatic hydroxyl groups is 1. The molecule has 0 fully saturated rings. The zero-order valence-electron chi connectivity index (χ0n) is 12.0. The number of para-hydroxylation sites is 1. The van der Waals surface area contributed by atoms with E-state index in [1.807, 2.05) is 6.07 Å². The molecule has 1 aliphatic rings. The molecular formula is C16H21FN2O. The van der Waals surface area contributed by atoms with E-state index in [0.717, 1.165) is 11.9 Å². The average molecular weight is 276 g/mol. The Balaban J connectivity index is 1.90. The lowest BCUT2D eigenvalue weighted by molar-refractivity contribution is 0.0277. The van der Waals surface area contributed by atoms with Gasteiger partial charge in [-0.2, -0.15) is 0 Å². The molecule has 108 valence electrons.